The summed E-state index contributed by atoms with van der Waals surface area (Å²) in [5, 5.41) is 11.5. The third kappa shape index (κ3) is 5.96. The third-order valence-electron chi connectivity index (χ3n) is 5.61. The van der Waals surface area contributed by atoms with Crippen LogP contribution in [0.4, 0.5) is 0 Å². The zero-order valence-electron chi connectivity index (χ0n) is 17.4. The molecule has 6 heteroatoms. The van der Waals surface area contributed by atoms with Gasteiger partial charge in [-0.05, 0) is 32.3 Å². The molecule has 1 saturated heterocycles. The van der Waals surface area contributed by atoms with Gasteiger partial charge in [-0.15, -0.1) is 12.4 Å². The van der Waals surface area contributed by atoms with Crippen LogP contribution in [-0.4, -0.2) is 54.4 Å². The van der Waals surface area contributed by atoms with Crippen molar-refractivity contribution in [3.63, 3.8) is 0 Å². The molecule has 29 heavy (non-hydrogen) atoms. The molecule has 5 nitrogen and oxygen atoms in total. The fraction of sp³-hybridized carbons (Fsp3) is 0.609. The van der Waals surface area contributed by atoms with Gasteiger partial charge in [-0.2, -0.15) is 0 Å². The second-order valence-electron chi connectivity index (χ2n) is 8.20. The Bertz CT molecular complexity index is 715. The predicted molar refractivity (Wildman–Crippen MR) is 115 cm³/mol. The van der Waals surface area contributed by atoms with Crippen molar-refractivity contribution in [2.24, 2.45) is 5.92 Å². The molecule has 0 bridgehead atoms. The summed E-state index contributed by atoms with van der Waals surface area (Å²) in [6, 6.07) is 9.17. The number of benzene rings is 1. The molecule has 160 valence electrons. The van der Waals surface area contributed by atoms with Crippen LogP contribution in [0, 0.1) is 17.8 Å². The lowest BCUT2D eigenvalue weighted by molar-refractivity contribution is -0.182. The number of ether oxygens (including phenoxy) is 2. The summed E-state index contributed by atoms with van der Waals surface area (Å²) < 4.78 is 11.1. The second kappa shape index (κ2) is 10.4. The van der Waals surface area contributed by atoms with E-state index >= 15 is 0 Å². The Morgan fingerprint density at radius 3 is 2.45 bits per heavy atom. The molecule has 1 N–H and O–H groups in total. The number of aliphatic hydroxyl groups is 1. The van der Waals surface area contributed by atoms with Crippen molar-refractivity contribution in [3.8, 4) is 11.8 Å². The van der Waals surface area contributed by atoms with Crippen LogP contribution in [0.5, 0.6) is 0 Å². The normalized spacial score (nSPS) is 20.1. The van der Waals surface area contributed by atoms with E-state index in [0.29, 0.717) is 12.1 Å². The molecule has 1 heterocycles. The number of halogens is 1. The molecule has 1 unspecified atom stereocenters. The Morgan fingerprint density at radius 2 is 1.83 bits per heavy atom. The maximum absolute atomic E-state index is 13.2. The van der Waals surface area contributed by atoms with Crippen molar-refractivity contribution in [2.75, 3.05) is 32.8 Å². The van der Waals surface area contributed by atoms with Gasteiger partial charge in [0.1, 0.15) is 0 Å². The van der Waals surface area contributed by atoms with Gasteiger partial charge >= 0.3 is 5.97 Å². The fourth-order valence-electron chi connectivity index (χ4n) is 4.01. The Balaban J connectivity index is 0.00000300. The first-order chi connectivity index (χ1) is 13.4. The molecule has 0 radical (unpaired) electrons. The SMILES string of the molecule is CC(C)(C#CCN1CCOCC1)OC(=O)C(O)(c1ccccc1)C1CCCC1.Cl. The minimum Gasteiger partial charge on any atom is -0.444 e. The van der Waals surface area contributed by atoms with Crippen molar-refractivity contribution < 1.29 is 19.4 Å². The van der Waals surface area contributed by atoms with Gasteiger partial charge in [0.2, 0.25) is 0 Å². The van der Waals surface area contributed by atoms with Crippen LogP contribution in [0.15, 0.2) is 30.3 Å². The quantitative estimate of drug-likeness (QED) is 0.584. The largest absolute Gasteiger partial charge is 0.444 e. The van der Waals surface area contributed by atoms with Gasteiger partial charge in [-0.1, -0.05) is 55.0 Å². The van der Waals surface area contributed by atoms with Crippen LogP contribution < -0.4 is 0 Å². The highest BCUT2D eigenvalue weighted by atomic mass is 35.5. The highest BCUT2D eigenvalue weighted by Gasteiger charge is 2.49. The van der Waals surface area contributed by atoms with Crippen LogP contribution in [-0.2, 0) is 19.9 Å². The molecular weight excluding hydrogens is 390 g/mol. The Morgan fingerprint density at radius 1 is 1.21 bits per heavy atom. The molecule has 1 atom stereocenters. The smallest absolute Gasteiger partial charge is 0.344 e. The van der Waals surface area contributed by atoms with Crippen LogP contribution >= 0.6 is 12.4 Å². The van der Waals surface area contributed by atoms with E-state index in [0.717, 1.165) is 52.0 Å². The highest BCUT2D eigenvalue weighted by molar-refractivity contribution is 5.85. The standard InChI is InChI=1S/C23H31NO4.ClH/c1-22(2,13-8-14-24-15-17-27-18-16-24)28-21(25)23(26,20-11-6-7-12-20)19-9-4-3-5-10-19;/h3-5,9-10,20,26H,6-7,11-12,14-18H2,1-2H3;1H. The molecule has 1 saturated carbocycles. The summed E-state index contributed by atoms with van der Waals surface area (Å²) >= 11 is 0. The average Bonchev–Trinajstić information content (AvgIpc) is 3.23. The summed E-state index contributed by atoms with van der Waals surface area (Å²) in [5.74, 6) is 5.46. The van der Waals surface area contributed by atoms with Gasteiger partial charge in [-0.25, -0.2) is 4.79 Å². The number of rotatable bonds is 5. The van der Waals surface area contributed by atoms with Gasteiger partial charge in [-0.3, -0.25) is 4.90 Å². The number of carbonyl (C=O) groups is 1. The Hall–Kier alpha value is -1.58. The first-order valence-corrected chi connectivity index (χ1v) is 10.2. The third-order valence-corrected chi connectivity index (χ3v) is 5.61. The van der Waals surface area contributed by atoms with Gasteiger partial charge in [0.15, 0.2) is 11.2 Å². The predicted octanol–water partition coefficient (Wildman–Crippen LogP) is 3.14. The van der Waals surface area contributed by atoms with E-state index in [1.807, 2.05) is 18.2 Å². The van der Waals surface area contributed by atoms with Gasteiger partial charge in [0, 0.05) is 19.0 Å². The van der Waals surface area contributed by atoms with Crippen molar-refractivity contribution in [2.45, 2.75) is 50.7 Å². The van der Waals surface area contributed by atoms with Crippen molar-refractivity contribution >= 4 is 18.4 Å². The lowest BCUT2D eigenvalue weighted by Gasteiger charge is -2.34. The number of carbonyl (C=O) groups excluding carboxylic acids is 1. The molecule has 0 spiro atoms. The maximum atomic E-state index is 13.2. The number of nitrogens with zero attached hydrogens (tertiary/aromatic N) is 1. The molecule has 0 amide bonds. The summed E-state index contributed by atoms with van der Waals surface area (Å²) in [4.78, 5) is 15.4. The lowest BCUT2D eigenvalue weighted by Crippen LogP contribution is -2.46. The number of morpholine rings is 1. The molecule has 2 aliphatic rings. The van der Waals surface area contributed by atoms with E-state index in [1.54, 1.807) is 26.0 Å². The van der Waals surface area contributed by atoms with Gasteiger partial charge in [0.05, 0.1) is 19.8 Å². The molecule has 1 aliphatic heterocycles. The zero-order chi connectivity index (χ0) is 20.0. The zero-order valence-corrected chi connectivity index (χ0v) is 18.2. The molecular formula is C23H32ClNO4. The average molecular weight is 422 g/mol. The van der Waals surface area contributed by atoms with Crippen LogP contribution in [0.1, 0.15) is 45.1 Å². The van der Waals surface area contributed by atoms with E-state index in [1.165, 1.54) is 0 Å². The molecule has 0 aromatic heterocycles. The fourth-order valence-corrected chi connectivity index (χ4v) is 4.01. The minimum absolute atomic E-state index is 0. The van der Waals surface area contributed by atoms with E-state index in [9.17, 15) is 9.90 Å². The highest BCUT2D eigenvalue weighted by Crippen LogP contribution is 2.42. The number of hydrogen-bond acceptors (Lipinski definition) is 5. The van der Waals surface area contributed by atoms with Crippen LogP contribution in [0.2, 0.25) is 0 Å². The first kappa shape index (κ1) is 23.7. The summed E-state index contributed by atoms with van der Waals surface area (Å²) in [7, 11) is 0. The van der Waals surface area contributed by atoms with Crippen molar-refractivity contribution in [3.05, 3.63) is 35.9 Å². The second-order valence-corrected chi connectivity index (χ2v) is 8.20. The molecule has 1 aromatic rings. The molecule has 2 fully saturated rings. The van der Waals surface area contributed by atoms with Crippen molar-refractivity contribution in [1.82, 2.24) is 4.90 Å². The van der Waals surface area contributed by atoms with Crippen LogP contribution in [0.25, 0.3) is 0 Å². The maximum Gasteiger partial charge on any atom is 0.344 e. The van der Waals surface area contributed by atoms with Crippen LogP contribution in [0.3, 0.4) is 0 Å². The van der Waals surface area contributed by atoms with E-state index in [-0.39, 0.29) is 18.3 Å². The van der Waals surface area contributed by atoms with Crippen molar-refractivity contribution in [1.29, 1.82) is 0 Å². The lowest BCUT2D eigenvalue weighted by atomic mass is 9.80. The molecule has 1 aromatic carbocycles. The van der Waals surface area contributed by atoms with Gasteiger partial charge < -0.3 is 14.6 Å². The Kier molecular flexibility index (Phi) is 8.54. The minimum atomic E-state index is -1.62. The molecule has 3 rings (SSSR count). The summed E-state index contributed by atoms with van der Waals surface area (Å²) in [6.45, 7) is 7.36. The molecule has 1 aliphatic carbocycles. The van der Waals surface area contributed by atoms with E-state index < -0.39 is 17.2 Å². The topological polar surface area (TPSA) is 59.0 Å². The first-order valence-electron chi connectivity index (χ1n) is 10.2. The number of hydrogen-bond donors (Lipinski definition) is 1. The van der Waals surface area contributed by atoms with E-state index in [4.69, 9.17) is 9.47 Å². The summed E-state index contributed by atoms with van der Waals surface area (Å²) in [6.07, 6.45) is 3.69. The Labute approximate surface area is 180 Å². The monoisotopic (exact) mass is 421 g/mol. The number of esters is 1. The van der Waals surface area contributed by atoms with Gasteiger partial charge in [0.25, 0.3) is 0 Å². The summed E-state index contributed by atoms with van der Waals surface area (Å²) in [5.41, 5.74) is -1.99. The van der Waals surface area contributed by atoms with E-state index in [2.05, 4.69) is 16.7 Å².